The molecule has 9 heteroatoms. The molecule has 3 aromatic rings. The third kappa shape index (κ3) is 5.79. The molecule has 2 atom stereocenters. The fourth-order valence-corrected chi connectivity index (χ4v) is 5.03. The predicted molar refractivity (Wildman–Crippen MR) is 142 cm³/mol. The molecule has 5 rings (SSSR count). The van der Waals surface area contributed by atoms with Crippen LogP contribution < -0.4 is 10.5 Å². The zero-order valence-electron chi connectivity index (χ0n) is 20.7. The third-order valence-electron chi connectivity index (χ3n) is 7.14. The smallest absolute Gasteiger partial charge is 0.228 e. The Kier molecular flexibility index (Phi) is 7.43. The average molecular weight is 501 g/mol. The van der Waals surface area contributed by atoms with Gasteiger partial charge in [0.15, 0.2) is 0 Å². The topological polar surface area (TPSA) is 129 Å². The number of fused-ring (bicyclic) bond motifs is 1. The van der Waals surface area contributed by atoms with E-state index in [-0.39, 0.29) is 11.8 Å². The van der Waals surface area contributed by atoms with Gasteiger partial charge in [-0.05, 0) is 55.7 Å². The van der Waals surface area contributed by atoms with Crippen molar-refractivity contribution in [3.63, 3.8) is 0 Å². The van der Waals surface area contributed by atoms with Crippen LogP contribution in [0.1, 0.15) is 30.5 Å². The third-order valence-corrected chi connectivity index (χ3v) is 7.14. The molecular formula is C28H32N6O3. The Balaban J connectivity index is 1.17. The number of amides is 1. The number of aromatic nitrogens is 2. The molecular weight excluding hydrogens is 468 g/mol. The van der Waals surface area contributed by atoms with Gasteiger partial charge >= 0.3 is 0 Å². The van der Waals surface area contributed by atoms with Crippen LogP contribution in [0.4, 0.5) is 0 Å². The summed E-state index contributed by atoms with van der Waals surface area (Å²) < 4.78 is 5.91. The SMILES string of the molecule is N=C/C=C(\N)c1ccc(Oc2ccc3nc(CN4CCN(C(=O)[C@@H]5CCC[C@@H]5O)CC4)ccc3c2)nc1. The summed E-state index contributed by atoms with van der Waals surface area (Å²) in [7, 11) is 0. The van der Waals surface area contributed by atoms with Crippen LogP contribution in [0.2, 0.25) is 0 Å². The maximum Gasteiger partial charge on any atom is 0.228 e. The molecule has 1 saturated heterocycles. The molecule has 0 unspecified atom stereocenters. The number of aliphatic hydroxyl groups is 1. The first kappa shape index (κ1) is 24.9. The van der Waals surface area contributed by atoms with E-state index in [0.717, 1.165) is 67.3 Å². The first-order valence-electron chi connectivity index (χ1n) is 12.7. The number of carbonyl (C=O) groups excluding carboxylic acids is 1. The van der Waals surface area contributed by atoms with E-state index in [4.69, 9.17) is 20.9 Å². The lowest BCUT2D eigenvalue weighted by Gasteiger charge is -2.36. The number of benzene rings is 1. The molecule has 4 N–H and O–H groups in total. The molecule has 1 aliphatic heterocycles. The molecule has 37 heavy (non-hydrogen) atoms. The van der Waals surface area contributed by atoms with E-state index >= 15 is 0 Å². The highest BCUT2D eigenvalue weighted by Crippen LogP contribution is 2.28. The minimum atomic E-state index is -0.477. The zero-order chi connectivity index (χ0) is 25.8. The van der Waals surface area contributed by atoms with Gasteiger partial charge in [-0.25, -0.2) is 4.98 Å². The monoisotopic (exact) mass is 500 g/mol. The average Bonchev–Trinajstić information content (AvgIpc) is 3.35. The zero-order valence-corrected chi connectivity index (χ0v) is 20.7. The van der Waals surface area contributed by atoms with Crippen molar-refractivity contribution in [2.75, 3.05) is 26.2 Å². The number of allylic oxidation sites excluding steroid dienone is 1. The van der Waals surface area contributed by atoms with Crippen molar-refractivity contribution in [2.45, 2.75) is 31.9 Å². The molecule has 0 bridgehead atoms. The largest absolute Gasteiger partial charge is 0.439 e. The molecule has 0 spiro atoms. The number of hydrogen-bond acceptors (Lipinski definition) is 8. The first-order chi connectivity index (χ1) is 18.0. The predicted octanol–water partition coefficient (Wildman–Crippen LogP) is 3.18. The van der Waals surface area contributed by atoms with Crippen molar-refractivity contribution in [3.8, 4) is 11.6 Å². The number of hydrogen-bond donors (Lipinski definition) is 3. The van der Waals surface area contributed by atoms with Crippen molar-refractivity contribution in [1.29, 1.82) is 5.41 Å². The lowest BCUT2D eigenvalue weighted by Crippen LogP contribution is -2.50. The second kappa shape index (κ2) is 11.1. The van der Waals surface area contributed by atoms with Crippen LogP contribution in [0.15, 0.2) is 54.7 Å². The van der Waals surface area contributed by atoms with Crippen LogP contribution in [0.5, 0.6) is 11.6 Å². The highest BCUT2D eigenvalue weighted by molar-refractivity contribution is 5.82. The Labute approximate surface area is 216 Å². The van der Waals surface area contributed by atoms with Gasteiger partial charge in [-0.15, -0.1) is 0 Å². The van der Waals surface area contributed by atoms with E-state index in [0.29, 0.717) is 30.4 Å². The van der Waals surface area contributed by atoms with Gasteiger partial charge in [-0.3, -0.25) is 14.7 Å². The summed E-state index contributed by atoms with van der Waals surface area (Å²) in [4.78, 5) is 26.1. The standard InChI is InChI=1S/C28H32N6O3/c29-11-10-24(30)20-5-9-27(31-17-20)37-22-7-8-25-19(16-22)4-6-21(32-25)18-33-12-14-34(15-13-33)28(36)23-2-1-3-26(23)35/h4-11,16-17,23,26,29,35H,1-3,12-15,18,30H2/b24-10-,29-11?/t23-,26+/m1/s1. The van der Waals surface area contributed by atoms with E-state index in [2.05, 4.69) is 9.88 Å². The van der Waals surface area contributed by atoms with Crippen molar-refractivity contribution < 1.29 is 14.6 Å². The van der Waals surface area contributed by atoms with Crippen molar-refractivity contribution in [1.82, 2.24) is 19.8 Å². The molecule has 9 nitrogen and oxygen atoms in total. The van der Waals surface area contributed by atoms with Crippen molar-refractivity contribution >= 4 is 28.7 Å². The molecule has 0 radical (unpaired) electrons. The van der Waals surface area contributed by atoms with Crippen LogP contribution in [-0.2, 0) is 11.3 Å². The number of pyridine rings is 2. The van der Waals surface area contributed by atoms with Crippen LogP contribution in [0, 0.1) is 11.3 Å². The molecule has 2 aliphatic rings. The summed E-state index contributed by atoms with van der Waals surface area (Å²) in [6.07, 6.45) is 6.26. The Morgan fingerprint density at radius 1 is 1.14 bits per heavy atom. The number of piperazine rings is 1. The number of nitrogens with two attached hydrogens (primary N) is 1. The van der Waals surface area contributed by atoms with Gasteiger partial charge < -0.3 is 25.9 Å². The molecule has 1 amide bonds. The fraction of sp³-hybridized carbons (Fsp3) is 0.357. The highest BCUT2D eigenvalue weighted by Gasteiger charge is 2.35. The molecule has 192 valence electrons. The summed E-state index contributed by atoms with van der Waals surface area (Å²) in [5.74, 6) is 1.02. The molecule has 2 aromatic heterocycles. The fourth-order valence-electron chi connectivity index (χ4n) is 5.03. The van der Waals surface area contributed by atoms with E-state index in [1.165, 1.54) is 6.08 Å². The summed E-state index contributed by atoms with van der Waals surface area (Å²) in [6.45, 7) is 3.72. The molecule has 1 saturated carbocycles. The van der Waals surface area contributed by atoms with Gasteiger partial charge in [0.25, 0.3) is 0 Å². The molecule has 1 aromatic carbocycles. The quantitative estimate of drug-likeness (QED) is 0.425. The van der Waals surface area contributed by atoms with Gasteiger partial charge in [-0.1, -0.05) is 6.07 Å². The van der Waals surface area contributed by atoms with Crippen LogP contribution in [0.25, 0.3) is 16.6 Å². The Morgan fingerprint density at radius 3 is 2.68 bits per heavy atom. The minimum Gasteiger partial charge on any atom is -0.439 e. The second-order valence-electron chi connectivity index (χ2n) is 9.64. The summed E-state index contributed by atoms with van der Waals surface area (Å²) in [5, 5.41) is 18.2. The van der Waals surface area contributed by atoms with Crippen molar-refractivity contribution in [2.24, 2.45) is 11.7 Å². The number of rotatable bonds is 7. The summed E-state index contributed by atoms with van der Waals surface area (Å²) >= 11 is 0. The van der Waals surface area contributed by atoms with Gasteiger partial charge in [0.05, 0.1) is 23.2 Å². The number of nitrogens with zero attached hydrogens (tertiary/aromatic N) is 4. The highest BCUT2D eigenvalue weighted by atomic mass is 16.5. The Bertz CT molecular complexity index is 1300. The van der Waals surface area contributed by atoms with E-state index in [1.54, 1.807) is 18.3 Å². The normalized spacial score (nSPS) is 20.8. The minimum absolute atomic E-state index is 0.112. The number of nitrogens with one attached hydrogen (secondary N) is 1. The lowest BCUT2D eigenvalue weighted by molar-refractivity contribution is -0.140. The van der Waals surface area contributed by atoms with Gasteiger partial charge in [0.1, 0.15) is 5.75 Å². The number of ether oxygens (including phenoxy) is 1. The first-order valence-corrected chi connectivity index (χ1v) is 12.7. The lowest BCUT2D eigenvalue weighted by atomic mass is 10.0. The second-order valence-corrected chi connectivity index (χ2v) is 9.64. The molecule has 1 aliphatic carbocycles. The maximum atomic E-state index is 12.7. The van der Waals surface area contributed by atoms with Crippen LogP contribution in [-0.4, -0.2) is 69.3 Å². The summed E-state index contributed by atoms with van der Waals surface area (Å²) in [5.41, 5.74) is 8.96. The van der Waals surface area contributed by atoms with Gasteiger partial charge in [0.2, 0.25) is 11.8 Å². The van der Waals surface area contributed by atoms with Gasteiger partial charge in [0, 0.05) is 67.8 Å². The molecule has 3 heterocycles. The Morgan fingerprint density at radius 2 is 1.97 bits per heavy atom. The Hall–Kier alpha value is -3.82. The van der Waals surface area contributed by atoms with Crippen LogP contribution in [0.3, 0.4) is 0 Å². The van der Waals surface area contributed by atoms with E-state index in [9.17, 15) is 9.90 Å². The van der Waals surface area contributed by atoms with Crippen LogP contribution >= 0.6 is 0 Å². The van der Waals surface area contributed by atoms with E-state index < -0.39 is 6.10 Å². The van der Waals surface area contributed by atoms with Gasteiger partial charge in [-0.2, -0.15) is 0 Å². The summed E-state index contributed by atoms with van der Waals surface area (Å²) in [6, 6.07) is 13.4. The molecule has 2 fully saturated rings. The number of aliphatic hydroxyl groups excluding tert-OH is 1. The van der Waals surface area contributed by atoms with Crippen molar-refractivity contribution in [3.05, 3.63) is 66.0 Å². The number of carbonyl (C=O) groups is 1. The maximum absolute atomic E-state index is 12.7. The van der Waals surface area contributed by atoms with E-state index in [1.807, 2.05) is 35.2 Å².